The molecule has 344 valence electrons. The first kappa shape index (κ1) is 55.6. The van der Waals surface area contributed by atoms with Gasteiger partial charge in [-0.2, -0.15) is 0 Å². The maximum Gasteiger partial charge on any atom is 0.303 e. The number of benzene rings is 2. The molecular formula is C57H94N2Ni-2. The summed E-state index contributed by atoms with van der Waals surface area (Å²) in [6, 6.07) is 18.5. The van der Waals surface area contributed by atoms with Crippen LogP contribution in [0.1, 0.15) is 265 Å². The molecule has 2 nitrogen and oxygen atoms in total. The molecule has 0 saturated heterocycles. The maximum atomic E-state index is 9.91. The summed E-state index contributed by atoms with van der Waals surface area (Å²) in [6.07, 6.45) is 50.8. The number of unbranched alkanes of at least 4 members (excludes halogenated alkanes) is 28. The van der Waals surface area contributed by atoms with E-state index in [1.807, 2.05) is 0 Å². The van der Waals surface area contributed by atoms with Gasteiger partial charge < -0.3 is 8.38 Å². The quantitative estimate of drug-likeness (QED) is 0.0160. The van der Waals surface area contributed by atoms with E-state index in [1.54, 1.807) is 0 Å². The fourth-order valence-electron chi connectivity index (χ4n) is 8.60. The Morgan fingerprint density at radius 3 is 1.45 bits per heavy atom. The van der Waals surface area contributed by atoms with Gasteiger partial charge in [0.1, 0.15) is 0 Å². The molecule has 0 atom stereocenters. The van der Waals surface area contributed by atoms with Gasteiger partial charge in [0.25, 0.3) is 0 Å². The number of allylic oxidation sites excluding steroid dienone is 4. The van der Waals surface area contributed by atoms with Crippen LogP contribution in [-0.2, 0) is 29.3 Å². The van der Waals surface area contributed by atoms with E-state index < -0.39 is 0 Å². The van der Waals surface area contributed by atoms with Crippen LogP contribution in [0.3, 0.4) is 0 Å². The summed E-state index contributed by atoms with van der Waals surface area (Å²) in [5.41, 5.74) is 18.6. The standard InChI is InChI=1S/C57H92N2.Ni.2H/c1-5-9-13-16-17-18-19-20-21-22-23-24-25-26-27-28-29-30-31-32-33-34-37-44-56(55(50-59-58)42-36-15-11-7-3)57(54-43-38-41-52(49-54)39-12-8-4)53-47-45-51(46-48-53)40-35-14-10-6-2;;;/h37-38,41,43-49H,5-36,39-40,42H2,1-4H3;;;/q;;2*-1. The largest absolute Gasteiger partial charge is 1.00 e. The molecule has 3 heteroatoms. The molecule has 0 fully saturated rings. The Hall–Kier alpha value is -2.43. The van der Waals surface area contributed by atoms with Gasteiger partial charge in [0.05, 0.1) is 5.57 Å². The summed E-state index contributed by atoms with van der Waals surface area (Å²) < 4.78 is 0. The van der Waals surface area contributed by atoms with Crippen molar-refractivity contribution in [1.29, 1.82) is 0 Å². The predicted octanol–water partition coefficient (Wildman–Crippen LogP) is 19.1. The topological polar surface area (TPSA) is 36.4 Å². The molecule has 2 rings (SSSR count). The summed E-state index contributed by atoms with van der Waals surface area (Å²) in [7, 11) is 0. The van der Waals surface area contributed by atoms with Crippen LogP contribution >= 0.6 is 0 Å². The molecule has 2 aromatic carbocycles. The van der Waals surface area contributed by atoms with Crippen LogP contribution in [0.4, 0.5) is 0 Å². The van der Waals surface area contributed by atoms with Crippen LogP contribution < -0.4 is 0 Å². The first-order valence-electron chi connectivity index (χ1n) is 25.7. The number of rotatable bonds is 39. The molecule has 0 bridgehead atoms. The van der Waals surface area contributed by atoms with E-state index >= 15 is 0 Å². The minimum Gasteiger partial charge on any atom is -1.00 e. The van der Waals surface area contributed by atoms with Gasteiger partial charge in [-0.1, -0.05) is 262 Å². The van der Waals surface area contributed by atoms with E-state index in [0.717, 1.165) is 43.3 Å². The van der Waals surface area contributed by atoms with E-state index in [0.29, 0.717) is 0 Å². The summed E-state index contributed by atoms with van der Waals surface area (Å²) in [5, 5.41) is 0. The summed E-state index contributed by atoms with van der Waals surface area (Å²) in [6.45, 7) is 9.12. The molecule has 0 saturated carbocycles. The third-order valence-corrected chi connectivity index (χ3v) is 12.4. The Bertz CT molecular complexity index is 1450. The first-order valence-corrected chi connectivity index (χ1v) is 25.7. The van der Waals surface area contributed by atoms with Crippen LogP contribution in [0.25, 0.3) is 11.1 Å². The first-order chi connectivity index (χ1) is 29.2. The zero-order valence-corrected chi connectivity index (χ0v) is 40.7. The maximum absolute atomic E-state index is 9.91. The molecule has 0 amide bonds. The molecule has 0 unspecified atom stereocenters. The molecule has 60 heavy (non-hydrogen) atoms. The molecule has 0 N–H and O–H groups in total. The number of hydrogen-bond acceptors (Lipinski definition) is 0. The second-order valence-corrected chi connectivity index (χ2v) is 17.9. The van der Waals surface area contributed by atoms with Gasteiger partial charge in [0.15, 0.2) is 0 Å². The molecule has 0 radical (unpaired) electrons. The molecule has 2 aromatic rings. The van der Waals surface area contributed by atoms with Gasteiger partial charge in [-0.05, 0) is 79.2 Å². The van der Waals surface area contributed by atoms with Crippen molar-refractivity contribution < 1.29 is 24.1 Å². The van der Waals surface area contributed by atoms with Gasteiger partial charge >= 0.3 is 5.87 Å². The smallest absolute Gasteiger partial charge is 0.303 e. The number of aryl methyl sites for hydroxylation is 2. The van der Waals surface area contributed by atoms with Crippen molar-refractivity contribution in [2.24, 2.45) is 0 Å². The van der Waals surface area contributed by atoms with Crippen molar-refractivity contribution in [2.75, 3.05) is 0 Å². The zero-order chi connectivity index (χ0) is 42.3. The SMILES string of the molecule is CCCCCCCCCCCCCCCCCCCCCCCC=CC(C(=C=[N+]=[N-])CCCCCC)=C(c1ccc(CCCCCC)cc1)c1cccc(CCCC)c1.[H-].[H-].[Ni]. The van der Waals surface area contributed by atoms with Crippen molar-refractivity contribution >= 4 is 11.4 Å². The van der Waals surface area contributed by atoms with Gasteiger partial charge in [0.2, 0.25) is 0 Å². The van der Waals surface area contributed by atoms with E-state index in [4.69, 9.17) is 0 Å². The monoisotopic (exact) mass is 865 g/mol. The summed E-state index contributed by atoms with van der Waals surface area (Å²) >= 11 is 0. The van der Waals surface area contributed by atoms with Crippen molar-refractivity contribution in [2.45, 2.75) is 252 Å². The third kappa shape index (κ3) is 27.5. The molecule has 0 heterocycles. The van der Waals surface area contributed by atoms with Crippen LogP contribution in [0.5, 0.6) is 0 Å². The number of nitrogens with zero attached hydrogens (tertiary/aromatic N) is 2. The average molecular weight is 866 g/mol. The van der Waals surface area contributed by atoms with Crippen molar-refractivity contribution in [3.63, 3.8) is 0 Å². The summed E-state index contributed by atoms with van der Waals surface area (Å²) in [4.78, 5) is 3.53. The number of hydrogen-bond donors (Lipinski definition) is 0. The van der Waals surface area contributed by atoms with Crippen LogP contribution in [0.15, 0.2) is 71.8 Å². The minimum absolute atomic E-state index is 0. The van der Waals surface area contributed by atoms with Crippen LogP contribution in [0, 0.1) is 0 Å². The molecule has 0 spiro atoms. The van der Waals surface area contributed by atoms with Crippen molar-refractivity contribution in [1.82, 2.24) is 0 Å². The molecule has 0 aliphatic rings. The van der Waals surface area contributed by atoms with Gasteiger partial charge in [0, 0.05) is 22.1 Å². The Labute approximate surface area is 385 Å². The van der Waals surface area contributed by atoms with Gasteiger partial charge in [-0.25, -0.2) is 0 Å². The Kier molecular flexibility index (Phi) is 37.6. The minimum atomic E-state index is 0. The molecule has 0 aromatic heterocycles. The fraction of sp³-hybridized carbons (Fsp3) is 0.684. The van der Waals surface area contributed by atoms with Crippen LogP contribution in [-0.4, -0.2) is 10.7 Å². The Morgan fingerprint density at radius 2 is 0.950 bits per heavy atom. The Balaban J connectivity index is 0. The van der Waals surface area contributed by atoms with Crippen molar-refractivity contribution in [3.8, 4) is 0 Å². The van der Waals surface area contributed by atoms with Crippen LogP contribution in [0.2, 0.25) is 0 Å². The van der Waals surface area contributed by atoms with Gasteiger partial charge in [-0.3, -0.25) is 0 Å². The zero-order valence-electron chi connectivity index (χ0n) is 41.7. The predicted molar refractivity (Wildman–Crippen MR) is 265 cm³/mol. The molecular weight excluding hydrogens is 771 g/mol. The Morgan fingerprint density at radius 1 is 0.500 bits per heavy atom. The second kappa shape index (κ2) is 40.6. The molecule has 0 aliphatic carbocycles. The van der Waals surface area contributed by atoms with E-state index in [9.17, 15) is 5.53 Å². The van der Waals surface area contributed by atoms with E-state index in [-0.39, 0.29) is 19.3 Å². The fourth-order valence-corrected chi connectivity index (χ4v) is 8.60. The molecule has 0 aliphatic heterocycles. The van der Waals surface area contributed by atoms with E-state index in [1.165, 1.54) is 220 Å². The third-order valence-electron chi connectivity index (χ3n) is 12.4. The normalized spacial score (nSPS) is 11.7. The average Bonchev–Trinajstić information content (AvgIpc) is 3.26. The van der Waals surface area contributed by atoms with Gasteiger partial charge in [-0.15, -0.1) is 4.79 Å². The van der Waals surface area contributed by atoms with E-state index in [2.05, 4.69) is 99.0 Å². The van der Waals surface area contributed by atoms with Crippen molar-refractivity contribution in [3.05, 3.63) is 99.6 Å². The second-order valence-electron chi connectivity index (χ2n) is 17.9. The summed E-state index contributed by atoms with van der Waals surface area (Å²) in [5.74, 6) is 3.08.